The molecule has 0 aromatic heterocycles. The molecule has 0 amide bonds. The molecule has 0 fully saturated rings. The number of benzene rings is 1. The summed E-state index contributed by atoms with van der Waals surface area (Å²) in [5, 5.41) is 0. The Balaban J connectivity index is 1.63. The highest BCUT2D eigenvalue weighted by Crippen LogP contribution is 2.51. The second-order valence-electron chi connectivity index (χ2n) is 8.58. The van der Waals surface area contributed by atoms with Crippen LogP contribution in [0, 0.1) is 17.8 Å². The fraction of sp³-hybridized carbons (Fsp3) is 0.565. The van der Waals surface area contributed by atoms with Crippen molar-refractivity contribution in [3.05, 3.63) is 41.0 Å². The molecule has 2 atom stereocenters. The van der Waals surface area contributed by atoms with Gasteiger partial charge in [0.25, 0.3) is 0 Å². The monoisotopic (exact) mass is 401 g/mol. The van der Waals surface area contributed by atoms with Crippen LogP contribution in [-0.2, 0) is 16.4 Å². The van der Waals surface area contributed by atoms with E-state index in [-0.39, 0.29) is 5.60 Å². The number of nitrogens with one attached hydrogen (secondary N) is 1. The molecule has 1 aromatic rings. The first-order valence-corrected chi connectivity index (χ1v) is 11.9. The highest BCUT2D eigenvalue weighted by molar-refractivity contribution is 7.88. The smallest absolute Gasteiger partial charge is 0.208 e. The molecule has 152 valence electrons. The van der Waals surface area contributed by atoms with Crippen molar-refractivity contribution in [2.45, 2.75) is 64.4 Å². The first-order valence-electron chi connectivity index (χ1n) is 10.0. The van der Waals surface area contributed by atoms with E-state index >= 15 is 0 Å². The summed E-state index contributed by atoms with van der Waals surface area (Å²) in [6.07, 6.45) is 7.83. The molecule has 2 aliphatic rings. The maximum atomic E-state index is 11.0. The topological polar surface area (TPSA) is 55.4 Å². The molecular formula is C23H31NO3S. The van der Waals surface area contributed by atoms with Gasteiger partial charge in [-0.05, 0) is 63.1 Å². The molecule has 0 spiro atoms. The van der Waals surface area contributed by atoms with E-state index in [1.54, 1.807) is 0 Å². The predicted molar refractivity (Wildman–Crippen MR) is 114 cm³/mol. The molecule has 0 radical (unpaired) electrons. The van der Waals surface area contributed by atoms with Crippen LogP contribution in [0.2, 0.25) is 0 Å². The van der Waals surface area contributed by atoms with Gasteiger partial charge in [0.2, 0.25) is 10.0 Å². The molecule has 5 heteroatoms. The SMILES string of the molecule is CC1=CCC2[C@@H](C1)c1ccc(CC#CCCCNS(C)(=O)=O)cc1OC2(C)C. The lowest BCUT2D eigenvalue weighted by molar-refractivity contribution is 0.00849. The van der Waals surface area contributed by atoms with Crippen LogP contribution in [0.1, 0.15) is 63.5 Å². The van der Waals surface area contributed by atoms with E-state index in [2.05, 4.69) is 61.6 Å². The molecule has 1 aromatic carbocycles. The Morgan fingerprint density at radius 1 is 1.29 bits per heavy atom. The molecule has 1 unspecified atom stereocenters. The van der Waals surface area contributed by atoms with Crippen molar-refractivity contribution >= 4 is 10.0 Å². The minimum Gasteiger partial charge on any atom is -0.487 e. The van der Waals surface area contributed by atoms with Crippen LogP contribution in [0.3, 0.4) is 0 Å². The Labute approximate surface area is 169 Å². The normalized spacial score (nSPS) is 22.8. The van der Waals surface area contributed by atoms with E-state index in [4.69, 9.17) is 4.74 Å². The van der Waals surface area contributed by atoms with Gasteiger partial charge in [0.15, 0.2) is 0 Å². The molecule has 1 heterocycles. The van der Waals surface area contributed by atoms with E-state index in [9.17, 15) is 8.42 Å². The zero-order valence-corrected chi connectivity index (χ0v) is 18.2. The zero-order valence-electron chi connectivity index (χ0n) is 17.3. The standard InChI is InChI=1S/C23H31NO3S/c1-17-10-13-21-20(15-17)19-12-11-18(16-22(19)27-23(21,2)3)9-7-5-6-8-14-24-28(4,25)26/h10-12,16,20-21,24H,6,8-9,13-15H2,1-4H3/t20-,21?/m0/s1. The van der Waals surface area contributed by atoms with Crippen molar-refractivity contribution in [3.8, 4) is 17.6 Å². The maximum absolute atomic E-state index is 11.0. The van der Waals surface area contributed by atoms with Crippen LogP contribution in [0.5, 0.6) is 5.75 Å². The fourth-order valence-electron chi connectivity index (χ4n) is 4.29. The molecule has 4 nitrogen and oxygen atoms in total. The predicted octanol–water partition coefficient (Wildman–Crippen LogP) is 4.17. The minimum absolute atomic E-state index is 0.161. The molecule has 3 rings (SSSR count). The summed E-state index contributed by atoms with van der Waals surface area (Å²) < 4.78 is 30.9. The van der Waals surface area contributed by atoms with Gasteiger partial charge in [-0.15, -0.1) is 5.92 Å². The lowest BCUT2D eigenvalue weighted by Crippen LogP contribution is -2.45. The zero-order chi connectivity index (χ0) is 20.4. The summed E-state index contributed by atoms with van der Waals surface area (Å²) in [5.41, 5.74) is 3.81. The second-order valence-corrected chi connectivity index (χ2v) is 10.4. The Morgan fingerprint density at radius 2 is 2.07 bits per heavy atom. The van der Waals surface area contributed by atoms with Crippen molar-refractivity contribution < 1.29 is 13.2 Å². The van der Waals surface area contributed by atoms with E-state index in [1.165, 1.54) is 17.4 Å². The van der Waals surface area contributed by atoms with Crippen LogP contribution in [-0.4, -0.2) is 26.8 Å². The maximum Gasteiger partial charge on any atom is 0.208 e. The van der Waals surface area contributed by atoms with E-state index in [1.807, 2.05) is 0 Å². The number of fused-ring (bicyclic) bond motifs is 3. The van der Waals surface area contributed by atoms with Gasteiger partial charge in [-0.3, -0.25) is 0 Å². The van der Waals surface area contributed by atoms with Crippen molar-refractivity contribution in [2.75, 3.05) is 12.8 Å². The lowest BCUT2D eigenvalue weighted by Gasteiger charge is -2.47. The number of allylic oxidation sites excluding steroid dienone is 2. The quantitative estimate of drug-likeness (QED) is 0.458. The van der Waals surface area contributed by atoms with Gasteiger partial charge in [0.1, 0.15) is 11.4 Å². The molecule has 1 N–H and O–H groups in total. The summed E-state index contributed by atoms with van der Waals surface area (Å²) >= 11 is 0. The molecule has 1 aliphatic carbocycles. The minimum atomic E-state index is -3.11. The summed E-state index contributed by atoms with van der Waals surface area (Å²) in [4.78, 5) is 0. The van der Waals surface area contributed by atoms with Gasteiger partial charge < -0.3 is 4.74 Å². The summed E-state index contributed by atoms with van der Waals surface area (Å²) in [6.45, 7) is 7.08. The number of rotatable bonds is 5. The van der Waals surface area contributed by atoms with Gasteiger partial charge >= 0.3 is 0 Å². The Kier molecular flexibility index (Phi) is 6.21. The second kappa shape index (κ2) is 8.31. The van der Waals surface area contributed by atoms with Crippen LogP contribution in [0.15, 0.2) is 29.8 Å². The highest BCUT2D eigenvalue weighted by Gasteiger charge is 2.44. The average Bonchev–Trinajstić information content (AvgIpc) is 2.59. The number of unbranched alkanes of at least 4 members (excludes halogenated alkanes) is 1. The van der Waals surface area contributed by atoms with Crippen molar-refractivity contribution in [3.63, 3.8) is 0 Å². The van der Waals surface area contributed by atoms with Gasteiger partial charge in [-0.1, -0.05) is 29.7 Å². The third-order valence-electron chi connectivity index (χ3n) is 5.75. The van der Waals surface area contributed by atoms with Gasteiger partial charge in [0, 0.05) is 25.3 Å². The Hall–Kier alpha value is -1.77. The van der Waals surface area contributed by atoms with Crippen molar-refractivity contribution in [1.82, 2.24) is 4.72 Å². The number of ether oxygens (including phenoxy) is 1. The van der Waals surface area contributed by atoms with Gasteiger partial charge in [0.05, 0.1) is 6.26 Å². The largest absolute Gasteiger partial charge is 0.487 e. The third-order valence-corrected chi connectivity index (χ3v) is 6.48. The number of sulfonamides is 1. The van der Waals surface area contributed by atoms with Crippen LogP contribution in [0.25, 0.3) is 0 Å². The van der Waals surface area contributed by atoms with Crippen molar-refractivity contribution in [2.24, 2.45) is 5.92 Å². The molecule has 0 bridgehead atoms. The summed E-state index contributed by atoms with van der Waals surface area (Å²) in [5.74, 6) is 8.40. The average molecular weight is 402 g/mol. The molecule has 1 aliphatic heterocycles. The van der Waals surface area contributed by atoms with Crippen LogP contribution >= 0.6 is 0 Å². The summed E-state index contributed by atoms with van der Waals surface area (Å²) in [7, 11) is -3.11. The third kappa shape index (κ3) is 5.18. The summed E-state index contributed by atoms with van der Waals surface area (Å²) in [6, 6.07) is 6.56. The first-order chi connectivity index (χ1) is 13.2. The highest BCUT2D eigenvalue weighted by atomic mass is 32.2. The molecular weight excluding hydrogens is 370 g/mol. The lowest BCUT2D eigenvalue weighted by atomic mass is 9.67. The molecule has 0 saturated heterocycles. The Morgan fingerprint density at radius 3 is 2.82 bits per heavy atom. The van der Waals surface area contributed by atoms with Crippen molar-refractivity contribution in [1.29, 1.82) is 0 Å². The van der Waals surface area contributed by atoms with E-state index in [0.29, 0.717) is 31.2 Å². The van der Waals surface area contributed by atoms with E-state index < -0.39 is 10.0 Å². The van der Waals surface area contributed by atoms with Crippen LogP contribution in [0.4, 0.5) is 0 Å². The first kappa shape index (κ1) is 21.0. The van der Waals surface area contributed by atoms with E-state index in [0.717, 1.165) is 30.6 Å². The number of hydrogen-bond acceptors (Lipinski definition) is 3. The van der Waals surface area contributed by atoms with Crippen LogP contribution < -0.4 is 9.46 Å². The molecule has 28 heavy (non-hydrogen) atoms. The van der Waals surface area contributed by atoms with Gasteiger partial charge in [-0.2, -0.15) is 0 Å². The Bertz CT molecular complexity index is 919. The molecule has 0 saturated carbocycles. The van der Waals surface area contributed by atoms with Gasteiger partial charge in [-0.25, -0.2) is 13.1 Å². The number of hydrogen-bond donors (Lipinski definition) is 1. The fourth-order valence-corrected chi connectivity index (χ4v) is 4.80.